The summed E-state index contributed by atoms with van der Waals surface area (Å²) in [5.41, 5.74) is 5.56. The van der Waals surface area contributed by atoms with E-state index >= 15 is 0 Å². The molecule has 0 saturated carbocycles. The van der Waals surface area contributed by atoms with Crippen LogP contribution < -0.4 is 4.74 Å². The molecule has 0 aromatic heterocycles. The molecule has 2 aromatic rings. The van der Waals surface area contributed by atoms with Crippen LogP contribution in [0.1, 0.15) is 70.7 Å². The summed E-state index contributed by atoms with van der Waals surface area (Å²) in [6.07, 6.45) is 3.13. The SMILES string of the molecule is CCc1c([C](C)C)cc(CC(C)C)c(CC(C)C)c1Oc1ccccc1. The molecule has 0 bridgehead atoms. The van der Waals surface area contributed by atoms with Crippen molar-refractivity contribution in [2.75, 3.05) is 0 Å². The quantitative estimate of drug-likeness (QED) is 0.481. The predicted molar refractivity (Wildman–Crippen MR) is 113 cm³/mol. The molecule has 0 saturated heterocycles. The van der Waals surface area contributed by atoms with E-state index in [1.807, 2.05) is 18.2 Å². The van der Waals surface area contributed by atoms with Crippen molar-refractivity contribution in [3.8, 4) is 11.5 Å². The summed E-state index contributed by atoms with van der Waals surface area (Å²) in [7, 11) is 0. The second-order valence-corrected chi connectivity index (χ2v) is 8.33. The maximum absolute atomic E-state index is 6.53. The molecule has 0 aliphatic carbocycles. The molecule has 0 aliphatic rings. The van der Waals surface area contributed by atoms with E-state index in [1.165, 1.54) is 28.2 Å². The molecule has 0 atom stereocenters. The lowest BCUT2D eigenvalue weighted by Crippen LogP contribution is -2.10. The molecule has 1 heteroatoms. The third-order valence-electron chi connectivity index (χ3n) is 4.68. The Morgan fingerprint density at radius 3 is 2.00 bits per heavy atom. The van der Waals surface area contributed by atoms with E-state index in [0.29, 0.717) is 11.8 Å². The first-order valence-electron chi connectivity index (χ1n) is 10.0. The largest absolute Gasteiger partial charge is 0.457 e. The highest BCUT2D eigenvalue weighted by molar-refractivity contribution is 5.56. The van der Waals surface area contributed by atoms with Crippen molar-refractivity contribution in [2.24, 2.45) is 11.8 Å². The zero-order valence-electron chi connectivity index (χ0n) is 17.6. The smallest absolute Gasteiger partial charge is 0.134 e. The number of para-hydroxylation sites is 1. The van der Waals surface area contributed by atoms with Crippen LogP contribution in [0.15, 0.2) is 36.4 Å². The van der Waals surface area contributed by atoms with Crippen LogP contribution in [0.2, 0.25) is 0 Å². The molecular formula is C25H35O. The van der Waals surface area contributed by atoms with Gasteiger partial charge in [-0.2, -0.15) is 0 Å². The summed E-state index contributed by atoms with van der Waals surface area (Å²) >= 11 is 0. The van der Waals surface area contributed by atoms with Crippen LogP contribution in [0.3, 0.4) is 0 Å². The van der Waals surface area contributed by atoms with Crippen LogP contribution in [0.5, 0.6) is 11.5 Å². The van der Waals surface area contributed by atoms with Gasteiger partial charge in [0.1, 0.15) is 11.5 Å². The Labute approximate surface area is 160 Å². The van der Waals surface area contributed by atoms with E-state index in [-0.39, 0.29) is 0 Å². The number of rotatable bonds is 8. The average molecular weight is 352 g/mol. The first-order chi connectivity index (χ1) is 12.3. The summed E-state index contributed by atoms with van der Waals surface area (Å²) in [6.45, 7) is 15.8. The third kappa shape index (κ3) is 5.13. The second kappa shape index (κ2) is 9.26. The van der Waals surface area contributed by atoms with Crippen molar-refractivity contribution < 1.29 is 4.74 Å². The summed E-state index contributed by atoms with van der Waals surface area (Å²) in [6, 6.07) is 12.7. The summed E-state index contributed by atoms with van der Waals surface area (Å²) in [5.74, 6) is 4.61. The van der Waals surface area contributed by atoms with Crippen LogP contribution >= 0.6 is 0 Å². The van der Waals surface area contributed by atoms with Crippen LogP contribution in [-0.4, -0.2) is 0 Å². The highest BCUT2D eigenvalue weighted by Crippen LogP contribution is 2.39. The maximum Gasteiger partial charge on any atom is 0.134 e. The molecule has 2 aromatic carbocycles. The average Bonchev–Trinajstić information content (AvgIpc) is 2.57. The van der Waals surface area contributed by atoms with Crippen LogP contribution in [0, 0.1) is 17.8 Å². The van der Waals surface area contributed by atoms with Gasteiger partial charge in [0.05, 0.1) is 0 Å². The van der Waals surface area contributed by atoms with Crippen molar-refractivity contribution in [3.05, 3.63) is 64.6 Å². The summed E-state index contributed by atoms with van der Waals surface area (Å²) in [4.78, 5) is 0. The van der Waals surface area contributed by atoms with E-state index in [2.05, 4.69) is 66.7 Å². The van der Waals surface area contributed by atoms with Crippen molar-refractivity contribution in [2.45, 2.75) is 67.7 Å². The fourth-order valence-corrected chi connectivity index (χ4v) is 3.58. The zero-order chi connectivity index (χ0) is 19.3. The number of hydrogen-bond donors (Lipinski definition) is 0. The van der Waals surface area contributed by atoms with Gasteiger partial charge in [0.25, 0.3) is 0 Å². The van der Waals surface area contributed by atoms with Gasteiger partial charge >= 0.3 is 0 Å². The normalized spacial score (nSPS) is 11.6. The van der Waals surface area contributed by atoms with Gasteiger partial charge in [0.2, 0.25) is 0 Å². The van der Waals surface area contributed by atoms with Crippen LogP contribution in [0.25, 0.3) is 0 Å². The Morgan fingerprint density at radius 2 is 1.50 bits per heavy atom. The first kappa shape index (κ1) is 20.6. The van der Waals surface area contributed by atoms with Crippen molar-refractivity contribution in [3.63, 3.8) is 0 Å². The van der Waals surface area contributed by atoms with E-state index in [1.54, 1.807) is 0 Å². The maximum atomic E-state index is 6.53. The Morgan fingerprint density at radius 1 is 0.885 bits per heavy atom. The molecule has 2 rings (SSSR count). The molecule has 0 unspecified atom stereocenters. The van der Waals surface area contributed by atoms with Gasteiger partial charge in [-0.3, -0.25) is 0 Å². The fraction of sp³-hybridized carbons (Fsp3) is 0.480. The molecule has 0 aliphatic heterocycles. The molecular weight excluding hydrogens is 316 g/mol. The van der Waals surface area contributed by atoms with Gasteiger partial charge in [0, 0.05) is 0 Å². The minimum absolute atomic E-state index is 0.598. The van der Waals surface area contributed by atoms with E-state index in [0.717, 1.165) is 30.8 Å². The minimum Gasteiger partial charge on any atom is -0.457 e. The molecule has 1 nitrogen and oxygen atoms in total. The summed E-state index contributed by atoms with van der Waals surface area (Å²) in [5, 5.41) is 0. The number of ether oxygens (including phenoxy) is 1. The standard InChI is InChI=1S/C25H35O/c1-8-22-23(19(6)7)16-20(14-17(2)3)24(15-18(4)5)25(22)26-21-12-10-9-11-13-21/h9-13,16-18H,8,14-15H2,1-7H3. The topological polar surface area (TPSA) is 9.23 Å². The molecule has 0 heterocycles. The highest BCUT2D eigenvalue weighted by atomic mass is 16.5. The van der Waals surface area contributed by atoms with Gasteiger partial charge in [0.15, 0.2) is 0 Å². The Bertz CT molecular complexity index is 696. The lowest BCUT2D eigenvalue weighted by molar-refractivity contribution is 0.461. The van der Waals surface area contributed by atoms with Crippen molar-refractivity contribution in [1.29, 1.82) is 0 Å². The van der Waals surface area contributed by atoms with Gasteiger partial charge in [-0.15, -0.1) is 0 Å². The van der Waals surface area contributed by atoms with E-state index in [4.69, 9.17) is 4.74 Å². The van der Waals surface area contributed by atoms with Gasteiger partial charge in [-0.25, -0.2) is 0 Å². The predicted octanol–water partition coefficient (Wildman–Crippen LogP) is 7.40. The second-order valence-electron chi connectivity index (χ2n) is 8.33. The van der Waals surface area contributed by atoms with Crippen molar-refractivity contribution in [1.82, 2.24) is 0 Å². The molecule has 26 heavy (non-hydrogen) atoms. The molecule has 0 spiro atoms. The van der Waals surface area contributed by atoms with Crippen molar-refractivity contribution >= 4 is 0 Å². The molecule has 1 radical (unpaired) electrons. The Hall–Kier alpha value is -1.76. The van der Waals surface area contributed by atoms with E-state index < -0.39 is 0 Å². The van der Waals surface area contributed by atoms with E-state index in [9.17, 15) is 0 Å². The number of hydrogen-bond acceptors (Lipinski definition) is 1. The first-order valence-corrected chi connectivity index (χ1v) is 10.0. The lowest BCUT2D eigenvalue weighted by atomic mass is 9.84. The van der Waals surface area contributed by atoms with Gasteiger partial charge < -0.3 is 4.74 Å². The zero-order valence-corrected chi connectivity index (χ0v) is 17.6. The monoisotopic (exact) mass is 351 g/mol. The van der Waals surface area contributed by atoms with Gasteiger partial charge in [-0.05, 0) is 71.4 Å². The van der Waals surface area contributed by atoms with Crippen LogP contribution in [-0.2, 0) is 19.3 Å². The lowest BCUT2D eigenvalue weighted by Gasteiger charge is -2.25. The molecule has 0 amide bonds. The highest BCUT2D eigenvalue weighted by Gasteiger charge is 2.21. The fourth-order valence-electron chi connectivity index (χ4n) is 3.58. The van der Waals surface area contributed by atoms with Crippen LogP contribution in [0.4, 0.5) is 0 Å². The number of benzene rings is 2. The molecule has 0 N–H and O–H groups in total. The third-order valence-corrected chi connectivity index (χ3v) is 4.68. The minimum atomic E-state index is 0.598. The molecule has 141 valence electrons. The summed E-state index contributed by atoms with van der Waals surface area (Å²) < 4.78 is 6.53. The molecule has 0 fully saturated rings. The van der Waals surface area contributed by atoms with Gasteiger partial charge in [-0.1, -0.05) is 72.7 Å². The Kier molecular flexibility index (Phi) is 7.32. The Balaban J connectivity index is 2.69.